The van der Waals surface area contributed by atoms with Gasteiger partial charge in [0, 0.05) is 20.9 Å². The van der Waals surface area contributed by atoms with Crippen molar-refractivity contribution in [1.82, 2.24) is 4.98 Å². The number of ether oxygens (including phenoxy) is 2. The molecule has 1 aliphatic heterocycles. The molecule has 0 spiro atoms. The number of hydrogen-bond acceptors (Lipinski definition) is 6. The van der Waals surface area contributed by atoms with Crippen LogP contribution in [0.25, 0.3) is 11.3 Å². The Hall–Kier alpha value is -2.43. The zero-order valence-electron chi connectivity index (χ0n) is 18.6. The van der Waals surface area contributed by atoms with Crippen molar-refractivity contribution in [2.75, 3.05) is 19.2 Å². The molecule has 2 heterocycles. The first-order valence-electron chi connectivity index (χ1n) is 10.5. The molecule has 0 saturated heterocycles. The van der Waals surface area contributed by atoms with Gasteiger partial charge in [-0.2, -0.15) is 5.10 Å². The summed E-state index contributed by atoms with van der Waals surface area (Å²) in [5, 5.41) is 10.1. The van der Waals surface area contributed by atoms with Crippen LogP contribution in [0.3, 0.4) is 0 Å². The monoisotopic (exact) mass is 647 g/mol. The van der Waals surface area contributed by atoms with Gasteiger partial charge in [0.05, 0.1) is 31.7 Å². The lowest BCUT2D eigenvalue weighted by Gasteiger charge is -2.21. The molecule has 8 heteroatoms. The number of hydrazone groups is 1. The molecule has 0 fully saturated rings. The molecule has 4 aromatic rings. The summed E-state index contributed by atoms with van der Waals surface area (Å²) in [5.41, 5.74) is 5.37. The SMILES string of the molecule is Br.COc1ccc(C2=NN(c3nc(-c4ccc(I)cc4)cs3)C(c3ccc(OC)cc3)C2)cc1. The average Bonchev–Trinajstić information content (AvgIpc) is 3.52. The minimum Gasteiger partial charge on any atom is -0.497 e. The van der Waals surface area contributed by atoms with Crippen LogP contribution in [0.2, 0.25) is 0 Å². The predicted octanol–water partition coefficient (Wildman–Crippen LogP) is 7.37. The fourth-order valence-corrected chi connectivity index (χ4v) is 5.05. The van der Waals surface area contributed by atoms with E-state index in [0.717, 1.165) is 45.6 Å². The van der Waals surface area contributed by atoms with Gasteiger partial charge in [0.25, 0.3) is 0 Å². The van der Waals surface area contributed by atoms with Crippen molar-refractivity contribution in [2.24, 2.45) is 5.10 Å². The largest absolute Gasteiger partial charge is 0.497 e. The number of halogens is 2. The molecule has 3 aromatic carbocycles. The third kappa shape index (κ3) is 5.13. The van der Waals surface area contributed by atoms with Crippen LogP contribution < -0.4 is 14.5 Å². The molecule has 0 amide bonds. The maximum atomic E-state index is 5.35. The normalized spacial score (nSPS) is 15.0. The molecule has 34 heavy (non-hydrogen) atoms. The Morgan fingerprint density at radius 3 is 2.06 bits per heavy atom. The first-order chi connectivity index (χ1) is 16.1. The highest BCUT2D eigenvalue weighted by Gasteiger charge is 2.31. The lowest BCUT2D eigenvalue weighted by atomic mass is 9.98. The molecule has 1 aromatic heterocycles. The number of aromatic nitrogens is 1. The van der Waals surface area contributed by atoms with Crippen molar-refractivity contribution in [2.45, 2.75) is 12.5 Å². The van der Waals surface area contributed by atoms with E-state index in [1.54, 1.807) is 25.6 Å². The van der Waals surface area contributed by atoms with Crippen LogP contribution in [0, 0.1) is 3.57 Å². The maximum Gasteiger partial charge on any atom is 0.207 e. The maximum absolute atomic E-state index is 5.35. The fourth-order valence-electron chi connectivity index (χ4n) is 3.85. The highest BCUT2D eigenvalue weighted by Crippen LogP contribution is 2.40. The Morgan fingerprint density at radius 2 is 1.44 bits per heavy atom. The summed E-state index contributed by atoms with van der Waals surface area (Å²) in [6.07, 6.45) is 0.789. The minimum atomic E-state index is 0. The first-order valence-corrected chi connectivity index (χ1v) is 12.5. The van der Waals surface area contributed by atoms with Crippen molar-refractivity contribution in [3.63, 3.8) is 0 Å². The predicted molar refractivity (Wildman–Crippen MR) is 153 cm³/mol. The Morgan fingerprint density at radius 1 is 0.853 bits per heavy atom. The lowest BCUT2D eigenvalue weighted by Crippen LogP contribution is -2.18. The van der Waals surface area contributed by atoms with Crippen LogP contribution in [-0.2, 0) is 0 Å². The van der Waals surface area contributed by atoms with Crippen molar-refractivity contribution >= 4 is 61.8 Å². The van der Waals surface area contributed by atoms with Crippen molar-refractivity contribution in [3.8, 4) is 22.8 Å². The number of benzene rings is 3. The fraction of sp³-hybridized carbons (Fsp3) is 0.154. The van der Waals surface area contributed by atoms with E-state index >= 15 is 0 Å². The number of anilines is 1. The molecule has 0 aliphatic carbocycles. The van der Waals surface area contributed by atoms with Crippen LogP contribution in [-0.4, -0.2) is 24.9 Å². The smallest absolute Gasteiger partial charge is 0.207 e. The van der Waals surface area contributed by atoms with Gasteiger partial charge in [0.15, 0.2) is 0 Å². The number of nitrogens with zero attached hydrogens (tertiary/aromatic N) is 3. The zero-order chi connectivity index (χ0) is 22.8. The molecule has 5 rings (SSSR count). The quantitative estimate of drug-likeness (QED) is 0.205. The van der Waals surface area contributed by atoms with Gasteiger partial charge in [0.2, 0.25) is 5.13 Å². The third-order valence-electron chi connectivity index (χ3n) is 5.66. The van der Waals surface area contributed by atoms with Crippen LogP contribution >= 0.6 is 50.9 Å². The lowest BCUT2D eigenvalue weighted by molar-refractivity contribution is 0.414. The van der Waals surface area contributed by atoms with E-state index in [9.17, 15) is 0 Å². The molecule has 1 atom stereocenters. The van der Waals surface area contributed by atoms with E-state index in [1.165, 1.54) is 9.13 Å². The van der Waals surface area contributed by atoms with Gasteiger partial charge in [-0.1, -0.05) is 24.3 Å². The standard InChI is InChI=1S/C26H22IN3O2S.BrH/c1-31-21-11-5-17(6-12-21)23-15-25(19-7-13-22(32-2)14-8-19)30(29-23)26-28-24(16-33-26)18-3-9-20(27)10-4-18;/h3-14,16,25H,15H2,1-2H3;1H. The zero-order valence-corrected chi connectivity index (χ0v) is 23.3. The molecule has 5 nitrogen and oxygen atoms in total. The second-order valence-corrected chi connectivity index (χ2v) is 9.72. The average molecular weight is 648 g/mol. The van der Waals surface area contributed by atoms with Gasteiger partial charge in [-0.15, -0.1) is 28.3 Å². The second kappa shape index (κ2) is 10.9. The van der Waals surface area contributed by atoms with Crippen molar-refractivity contribution in [1.29, 1.82) is 0 Å². The molecule has 0 bridgehead atoms. The number of hydrogen-bond donors (Lipinski definition) is 0. The number of methoxy groups -OCH3 is 2. The van der Waals surface area contributed by atoms with Crippen LogP contribution in [0.15, 0.2) is 83.3 Å². The molecule has 0 saturated carbocycles. The van der Waals surface area contributed by atoms with E-state index < -0.39 is 0 Å². The molecule has 1 unspecified atom stereocenters. The summed E-state index contributed by atoms with van der Waals surface area (Å²) in [6.45, 7) is 0. The summed E-state index contributed by atoms with van der Waals surface area (Å²) < 4.78 is 11.9. The molecular weight excluding hydrogens is 625 g/mol. The van der Waals surface area contributed by atoms with Gasteiger partial charge in [0.1, 0.15) is 11.5 Å². The van der Waals surface area contributed by atoms with Gasteiger partial charge in [-0.25, -0.2) is 9.99 Å². The Bertz CT molecular complexity index is 1270. The van der Waals surface area contributed by atoms with E-state index in [4.69, 9.17) is 19.6 Å². The van der Waals surface area contributed by atoms with Crippen LogP contribution in [0.5, 0.6) is 11.5 Å². The number of rotatable bonds is 6. The van der Waals surface area contributed by atoms with E-state index in [0.29, 0.717) is 0 Å². The summed E-state index contributed by atoms with van der Waals surface area (Å²) >= 11 is 3.93. The van der Waals surface area contributed by atoms with E-state index in [1.807, 2.05) is 24.3 Å². The Kier molecular flexibility index (Phi) is 7.90. The van der Waals surface area contributed by atoms with Gasteiger partial charge >= 0.3 is 0 Å². The highest BCUT2D eigenvalue weighted by molar-refractivity contribution is 14.1. The van der Waals surface area contributed by atoms with Crippen LogP contribution in [0.4, 0.5) is 5.13 Å². The summed E-state index contributed by atoms with van der Waals surface area (Å²) in [4.78, 5) is 4.95. The summed E-state index contributed by atoms with van der Waals surface area (Å²) in [7, 11) is 3.36. The Labute approximate surface area is 227 Å². The number of thiazole rings is 1. The van der Waals surface area contributed by atoms with Gasteiger partial charge in [-0.05, 0) is 82.2 Å². The van der Waals surface area contributed by atoms with Crippen molar-refractivity contribution < 1.29 is 9.47 Å². The molecule has 174 valence electrons. The summed E-state index contributed by atoms with van der Waals surface area (Å²) in [6, 6.07) is 24.8. The van der Waals surface area contributed by atoms with Gasteiger partial charge < -0.3 is 9.47 Å². The molecule has 0 radical (unpaired) electrons. The molecule has 1 aliphatic rings. The van der Waals surface area contributed by atoms with E-state index in [2.05, 4.69) is 81.5 Å². The third-order valence-corrected chi connectivity index (χ3v) is 7.21. The Balaban J connectivity index is 0.00000274. The molecule has 0 N–H and O–H groups in total. The van der Waals surface area contributed by atoms with Gasteiger partial charge in [-0.3, -0.25) is 0 Å². The first kappa shape index (κ1) is 24.7. The highest BCUT2D eigenvalue weighted by atomic mass is 127. The topological polar surface area (TPSA) is 47.0 Å². The van der Waals surface area contributed by atoms with Crippen molar-refractivity contribution in [3.05, 3.63) is 92.9 Å². The van der Waals surface area contributed by atoms with Crippen LogP contribution in [0.1, 0.15) is 23.6 Å². The second-order valence-electron chi connectivity index (χ2n) is 7.64. The minimum absolute atomic E-state index is 0. The molecular formula is C26H23BrIN3O2S. The van der Waals surface area contributed by atoms with E-state index in [-0.39, 0.29) is 23.0 Å². The summed E-state index contributed by atoms with van der Waals surface area (Å²) in [5.74, 6) is 1.68.